The maximum absolute atomic E-state index is 12.7. The summed E-state index contributed by atoms with van der Waals surface area (Å²) in [6.45, 7) is 3.38. The molecule has 1 saturated heterocycles. The molecule has 1 aromatic rings. The predicted octanol–water partition coefficient (Wildman–Crippen LogP) is 2.45. The molecule has 1 fully saturated rings. The number of morpholine rings is 1. The lowest BCUT2D eigenvalue weighted by Gasteiger charge is -2.32. The molecule has 25 heavy (non-hydrogen) atoms. The fourth-order valence-electron chi connectivity index (χ4n) is 2.59. The summed E-state index contributed by atoms with van der Waals surface area (Å²) in [7, 11) is 1.48. The lowest BCUT2D eigenvalue weighted by atomic mass is 10.1. The molecule has 0 radical (unpaired) electrons. The number of hydrogen-bond acceptors (Lipinski definition) is 5. The maximum Gasteiger partial charge on any atom is 0.306 e. The molecule has 0 spiro atoms. The molecular weight excluding hydrogens is 350 g/mol. The molecule has 1 heterocycles. The van der Waals surface area contributed by atoms with Gasteiger partial charge in [0.2, 0.25) is 0 Å². The van der Waals surface area contributed by atoms with Gasteiger partial charge in [-0.3, -0.25) is 9.59 Å². The Morgan fingerprint density at radius 1 is 1.44 bits per heavy atom. The number of rotatable bonds is 7. The molecule has 1 aliphatic heterocycles. The average Bonchev–Trinajstić information content (AvgIpc) is 2.59. The molecule has 1 N–H and O–H groups in total. The van der Waals surface area contributed by atoms with Gasteiger partial charge in [0.05, 0.1) is 37.9 Å². The Kier molecular flexibility index (Phi) is 6.90. The third-order valence-corrected chi connectivity index (χ3v) is 4.04. The van der Waals surface area contributed by atoms with Crippen molar-refractivity contribution in [2.45, 2.75) is 25.9 Å². The molecule has 0 aliphatic carbocycles. The summed E-state index contributed by atoms with van der Waals surface area (Å²) >= 11 is 6.25. The van der Waals surface area contributed by atoms with Crippen LogP contribution in [0.4, 0.5) is 0 Å². The largest absolute Gasteiger partial charge is 0.493 e. The number of carboxylic acid groups (broad SMARTS) is 1. The third kappa shape index (κ3) is 4.99. The Labute approximate surface area is 151 Å². The van der Waals surface area contributed by atoms with E-state index >= 15 is 0 Å². The van der Waals surface area contributed by atoms with E-state index in [1.165, 1.54) is 7.11 Å². The van der Waals surface area contributed by atoms with Crippen LogP contribution in [0, 0.1) is 0 Å². The van der Waals surface area contributed by atoms with E-state index in [0.717, 1.165) is 6.42 Å². The summed E-state index contributed by atoms with van der Waals surface area (Å²) in [6, 6.07) is 3.12. The number of halogens is 1. The van der Waals surface area contributed by atoms with Crippen LogP contribution in [0.5, 0.6) is 11.5 Å². The molecule has 7 nitrogen and oxygen atoms in total. The Morgan fingerprint density at radius 2 is 2.20 bits per heavy atom. The van der Waals surface area contributed by atoms with Crippen molar-refractivity contribution in [3.05, 3.63) is 22.7 Å². The summed E-state index contributed by atoms with van der Waals surface area (Å²) in [4.78, 5) is 25.1. The van der Waals surface area contributed by atoms with Gasteiger partial charge < -0.3 is 24.2 Å². The van der Waals surface area contributed by atoms with E-state index in [4.69, 9.17) is 30.9 Å². The van der Waals surface area contributed by atoms with Crippen molar-refractivity contribution in [1.29, 1.82) is 0 Å². The van der Waals surface area contributed by atoms with Crippen molar-refractivity contribution in [2.75, 3.05) is 33.4 Å². The first-order valence-corrected chi connectivity index (χ1v) is 8.47. The molecule has 0 aromatic heterocycles. The number of methoxy groups -OCH3 is 1. The number of carbonyl (C=O) groups is 2. The SMILES string of the molecule is CCCOc1c(Cl)cc(C(=O)N2CCO[C@H](CC(=O)O)C2)cc1OC. The van der Waals surface area contributed by atoms with Crippen molar-refractivity contribution in [2.24, 2.45) is 0 Å². The molecule has 0 unspecified atom stereocenters. The number of carboxylic acids is 1. The topological polar surface area (TPSA) is 85.3 Å². The first kappa shape index (κ1) is 19.3. The Bertz CT molecular complexity index is 636. The lowest BCUT2D eigenvalue weighted by Crippen LogP contribution is -2.46. The van der Waals surface area contributed by atoms with Gasteiger partial charge in [-0.25, -0.2) is 0 Å². The molecule has 8 heteroatoms. The molecule has 0 bridgehead atoms. The van der Waals surface area contributed by atoms with E-state index in [2.05, 4.69) is 0 Å². The molecule has 1 atom stereocenters. The van der Waals surface area contributed by atoms with Gasteiger partial charge in [0, 0.05) is 18.7 Å². The minimum absolute atomic E-state index is 0.141. The van der Waals surface area contributed by atoms with E-state index < -0.39 is 12.1 Å². The molecule has 2 rings (SSSR count). The Morgan fingerprint density at radius 3 is 2.84 bits per heavy atom. The first-order valence-electron chi connectivity index (χ1n) is 8.09. The van der Waals surface area contributed by atoms with Gasteiger partial charge in [0.1, 0.15) is 0 Å². The highest BCUT2D eigenvalue weighted by atomic mass is 35.5. The minimum Gasteiger partial charge on any atom is -0.493 e. The summed E-state index contributed by atoms with van der Waals surface area (Å²) < 4.78 is 16.3. The van der Waals surface area contributed by atoms with Crippen LogP contribution in [0.2, 0.25) is 5.02 Å². The number of benzene rings is 1. The van der Waals surface area contributed by atoms with Gasteiger partial charge in [-0.05, 0) is 18.6 Å². The van der Waals surface area contributed by atoms with Crippen LogP contribution < -0.4 is 9.47 Å². The van der Waals surface area contributed by atoms with Gasteiger partial charge >= 0.3 is 5.97 Å². The Balaban J connectivity index is 2.18. The van der Waals surface area contributed by atoms with E-state index in [0.29, 0.717) is 41.8 Å². The van der Waals surface area contributed by atoms with Gasteiger partial charge in [-0.15, -0.1) is 0 Å². The fraction of sp³-hybridized carbons (Fsp3) is 0.529. The third-order valence-electron chi connectivity index (χ3n) is 3.76. The smallest absolute Gasteiger partial charge is 0.306 e. The zero-order valence-corrected chi connectivity index (χ0v) is 15.0. The molecule has 138 valence electrons. The number of ether oxygens (including phenoxy) is 3. The van der Waals surface area contributed by atoms with Crippen molar-refractivity contribution < 1.29 is 28.9 Å². The van der Waals surface area contributed by atoms with E-state index in [9.17, 15) is 9.59 Å². The molecular formula is C17H22ClNO6. The minimum atomic E-state index is -0.957. The van der Waals surface area contributed by atoms with Crippen molar-refractivity contribution in [3.63, 3.8) is 0 Å². The maximum atomic E-state index is 12.7. The summed E-state index contributed by atoms with van der Waals surface area (Å²) in [5.41, 5.74) is 0.363. The normalized spacial score (nSPS) is 17.2. The molecule has 0 saturated carbocycles. The number of aliphatic carboxylic acids is 1. The lowest BCUT2D eigenvalue weighted by molar-refractivity contribution is -0.141. The van der Waals surface area contributed by atoms with Gasteiger partial charge in [-0.1, -0.05) is 18.5 Å². The second kappa shape index (κ2) is 8.92. The highest BCUT2D eigenvalue weighted by Crippen LogP contribution is 2.37. The van der Waals surface area contributed by atoms with Crippen LogP contribution in [0.25, 0.3) is 0 Å². The zero-order valence-electron chi connectivity index (χ0n) is 14.3. The van der Waals surface area contributed by atoms with E-state index in [-0.39, 0.29) is 18.9 Å². The van der Waals surface area contributed by atoms with Crippen LogP contribution in [-0.4, -0.2) is 61.4 Å². The summed E-state index contributed by atoms with van der Waals surface area (Å²) in [6.07, 6.45) is 0.163. The van der Waals surface area contributed by atoms with Crippen LogP contribution in [0.15, 0.2) is 12.1 Å². The average molecular weight is 372 g/mol. The Hall–Kier alpha value is -1.99. The number of hydrogen-bond donors (Lipinski definition) is 1. The molecule has 1 aromatic carbocycles. The second-order valence-corrected chi connectivity index (χ2v) is 6.09. The fourth-order valence-corrected chi connectivity index (χ4v) is 2.86. The quantitative estimate of drug-likeness (QED) is 0.792. The standard InChI is InChI=1S/C17H22ClNO6/c1-3-5-25-16-13(18)7-11(8-14(16)23-2)17(22)19-4-6-24-12(10-19)9-15(20)21/h7-8,12H,3-6,9-10H2,1-2H3,(H,20,21)/t12-/m1/s1. The highest BCUT2D eigenvalue weighted by molar-refractivity contribution is 6.32. The van der Waals surface area contributed by atoms with Crippen LogP contribution in [-0.2, 0) is 9.53 Å². The van der Waals surface area contributed by atoms with Crippen molar-refractivity contribution >= 4 is 23.5 Å². The van der Waals surface area contributed by atoms with Crippen LogP contribution in [0.1, 0.15) is 30.1 Å². The summed E-state index contributed by atoms with van der Waals surface area (Å²) in [5, 5.41) is 9.18. The number of nitrogens with zero attached hydrogens (tertiary/aromatic N) is 1. The van der Waals surface area contributed by atoms with Gasteiger partial charge in [0.15, 0.2) is 11.5 Å². The molecule has 1 amide bonds. The van der Waals surface area contributed by atoms with E-state index in [1.54, 1.807) is 17.0 Å². The number of amides is 1. The molecule has 1 aliphatic rings. The van der Waals surface area contributed by atoms with E-state index in [1.807, 2.05) is 6.92 Å². The first-order chi connectivity index (χ1) is 12.0. The zero-order chi connectivity index (χ0) is 18.4. The van der Waals surface area contributed by atoms with Gasteiger partial charge in [-0.2, -0.15) is 0 Å². The van der Waals surface area contributed by atoms with Crippen molar-refractivity contribution in [1.82, 2.24) is 4.90 Å². The van der Waals surface area contributed by atoms with Crippen LogP contribution >= 0.6 is 11.6 Å². The van der Waals surface area contributed by atoms with Gasteiger partial charge in [0.25, 0.3) is 5.91 Å². The monoisotopic (exact) mass is 371 g/mol. The summed E-state index contributed by atoms with van der Waals surface area (Å²) in [5.74, 6) is -0.407. The van der Waals surface area contributed by atoms with Crippen LogP contribution in [0.3, 0.4) is 0 Å². The predicted molar refractivity (Wildman–Crippen MR) is 91.7 cm³/mol. The van der Waals surface area contributed by atoms with Crippen molar-refractivity contribution in [3.8, 4) is 11.5 Å². The second-order valence-electron chi connectivity index (χ2n) is 5.68. The highest BCUT2D eigenvalue weighted by Gasteiger charge is 2.27. The number of carbonyl (C=O) groups excluding carboxylic acids is 1.